The topological polar surface area (TPSA) is 104 Å². The van der Waals surface area contributed by atoms with Crippen LogP contribution in [0.3, 0.4) is 0 Å². The normalized spacial score (nSPS) is 11.5. The Morgan fingerprint density at radius 3 is 2.54 bits per heavy atom. The van der Waals surface area contributed by atoms with E-state index in [0.29, 0.717) is 11.1 Å². The minimum Gasteiger partial charge on any atom is -0.388 e. The van der Waals surface area contributed by atoms with E-state index in [-0.39, 0.29) is 17.8 Å². The minimum absolute atomic E-state index is 0.194. The molecule has 0 aliphatic heterocycles. The van der Waals surface area contributed by atoms with Crippen molar-refractivity contribution in [3.05, 3.63) is 82.1 Å². The molecule has 0 spiro atoms. The molecule has 1 unspecified atom stereocenters. The second kappa shape index (κ2) is 6.86. The zero-order chi connectivity index (χ0) is 17.9. The summed E-state index contributed by atoms with van der Waals surface area (Å²) < 4.78 is 0. The van der Waals surface area contributed by atoms with Crippen molar-refractivity contribution in [1.29, 1.82) is 5.26 Å². The molecule has 0 radical (unpaired) electrons. The van der Waals surface area contributed by atoms with Crippen LogP contribution in [0, 0.1) is 21.4 Å². The first-order valence-electron chi connectivity index (χ1n) is 7.01. The molecule has 0 saturated heterocycles. The predicted octanol–water partition coefficient (Wildman–Crippen LogP) is 2.99. The molecule has 24 heavy (non-hydrogen) atoms. The number of aliphatic hydroxyl groups is 1. The van der Waals surface area contributed by atoms with Gasteiger partial charge < -0.3 is 5.11 Å². The van der Waals surface area contributed by atoms with Crippen molar-refractivity contribution in [2.75, 3.05) is 0 Å². The van der Waals surface area contributed by atoms with Gasteiger partial charge in [0, 0.05) is 12.0 Å². The van der Waals surface area contributed by atoms with Crippen LogP contribution in [0.1, 0.15) is 22.3 Å². The second-order valence-electron chi connectivity index (χ2n) is 5.26. The Morgan fingerprint density at radius 1 is 1.25 bits per heavy atom. The van der Waals surface area contributed by atoms with Gasteiger partial charge in [0.15, 0.2) is 5.78 Å². The third kappa shape index (κ3) is 3.54. The van der Waals surface area contributed by atoms with Gasteiger partial charge in [0.05, 0.1) is 28.2 Å². The fraction of sp³-hybridized carbons (Fsp3) is 0.111. The van der Waals surface area contributed by atoms with Gasteiger partial charge in [-0.3, -0.25) is 14.9 Å². The summed E-state index contributed by atoms with van der Waals surface area (Å²) in [7, 11) is 0. The molecule has 0 saturated carbocycles. The van der Waals surface area contributed by atoms with Crippen molar-refractivity contribution in [3.63, 3.8) is 0 Å². The lowest BCUT2D eigenvalue weighted by atomic mass is 9.97. The van der Waals surface area contributed by atoms with Gasteiger partial charge in [0.1, 0.15) is 0 Å². The van der Waals surface area contributed by atoms with Gasteiger partial charge >= 0.3 is 0 Å². The number of benzene rings is 2. The van der Waals surface area contributed by atoms with E-state index >= 15 is 0 Å². The first-order chi connectivity index (χ1) is 11.3. The van der Waals surface area contributed by atoms with Gasteiger partial charge in [-0.1, -0.05) is 24.8 Å². The molecule has 2 aromatic carbocycles. The zero-order valence-corrected chi connectivity index (χ0v) is 12.7. The molecule has 0 heterocycles. The van der Waals surface area contributed by atoms with E-state index in [4.69, 9.17) is 5.26 Å². The van der Waals surface area contributed by atoms with Crippen LogP contribution in [0.4, 0.5) is 0 Å². The average molecular weight is 322 g/mol. The number of carbonyl (C=O) groups is 1. The van der Waals surface area contributed by atoms with Gasteiger partial charge in [0.2, 0.25) is 0 Å². The Kier molecular flexibility index (Phi) is 4.87. The molecule has 0 bridgehead atoms. The number of hydrogen-bond acceptors (Lipinski definition) is 5. The van der Waals surface area contributed by atoms with Crippen molar-refractivity contribution in [1.82, 2.24) is 0 Å². The summed E-state index contributed by atoms with van der Waals surface area (Å²) in [6, 6.07) is 12.1. The highest BCUT2D eigenvalue weighted by Crippen LogP contribution is 2.21. The Bertz CT molecular complexity index is 909. The summed E-state index contributed by atoms with van der Waals surface area (Å²) >= 11 is 0. The molecule has 1 N–H and O–H groups in total. The van der Waals surface area contributed by atoms with Crippen LogP contribution in [0.2, 0.25) is 0 Å². The molecular formula is C18H14N2O4. The molecule has 0 fully saturated rings. The van der Waals surface area contributed by atoms with Crippen LogP contribution in [0.15, 0.2) is 60.8 Å². The summed E-state index contributed by atoms with van der Waals surface area (Å²) in [5, 5.41) is 31.1. The van der Waals surface area contributed by atoms with E-state index in [1.807, 2.05) is 6.07 Å². The van der Waals surface area contributed by atoms with Gasteiger partial charge in [-0.05, 0) is 35.6 Å². The van der Waals surface area contributed by atoms with Gasteiger partial charge in [-0.25, -0.2) is 0 Å². The first-order valence-corrected chi connectivity index (χ1v) is 7.01. The molecular weight excluding hydrogens is 308 g/mol. The number of rotatable bonds is 6. The van der Waals surface area contributed by atoms with E-state index in [2.05, 4.69) is 13.2 Å². The standard InChI is InChI=1S/C18H14N2O4/c1-11(12(2)20(23)24)17(21)9-18(22)15-6-5-14-4-3-13(10-19)7-16(14)8-15/h3-8,17,21H,1-2,9H2. The summed E-state index contributed by atoms with van der Waals surface area (Å²) in [4.78, 5) is 22.2. The number of nitrogens with zero attached hydrogens (tertiary/aromatic N) is 2. The number of carbonyl (C=O) groups excluding carboxylic acids is 1. The number of nitro groups is 1. The number of fused-ring (bicyclic) bond motifs is 1. The van der Waals surface area contributed by atoms with Crippen LogP contribution >= 0.6 is 0 Å². The molecule has 2 rings (SSSR count). The fourth-order valence-electron chi connectivity index (χ4n) is 2.22. The SMILES string of the molecule is C=C(C(=C)[N+](=O)[O-])C(O)CC(=O)c1ccc2ccc(C#N)cc2c1. The maximum Gasteiger partial charge on any atom is 0.267 e. The number of hydrogen-bond donors (Lipinski definition) is 1. The molecule has 120 valence electrons. The lowest BCUT2D eigenvalue weighted by Gasteiger charge is -2.11. The molecule has 0 aliphatic rings. The third-order valence-electron chi connectivity index (χ3n) is 3.66. The van der Waals surface area contributed by atoms with Gasteiger partial charge in [-0.2, -0.15) is 5.26 Å². The van der Waals surface area contributed by atoms with Crippen molar-refractivity contribution >= 4 is 16.6 Å². The van der Waals surface area contributed by atoms with Crippen LogP contribution in [0.25, 0.3) is 10.8 Å². The maximum atomic E-state index is 12.3. The Labute approximate surface area is 138 Å². The molecule has 6 nitrogen and oxygen atoms in total. The van der Waals surface area contributed by atoms with Crippen LogP contribution < -0.4 is 0 Å². The van der Waals surface area contributed by atoms with Gasteiger partial charge in [0.25, 0.3) is 5.70 Å². The highest BCUT2D eigenvalue weighted by Gasteiger charge is 2.23. The highest BCUT2D eigenvalue weighted by atomic mass is 16.6. The van der Waals surface area contributed by atoms with Crippen molar-refractivity contribution < 1.29 is 14.8 Å². The van der Waals surface area contributed by atoms with Crippen molar-refractivity contribution in [2.45, 2.75) is 12.5 Å². The largest absolute Gasteiger partial charge is 0.388 e. The summed E-state index contributed by atoms with van der Waals surface area (Å²) in [6.07, 6.45) is -1.72. The highest BCUT2D eigenvalue weighted by molar-refractivity contribution is 6.00. The van der Waals surface area contributed by atoms with E-state index in [9.17, 15) is 20.0 Å². The molecule has 0 amide bonds. The molecule has 2 aromatic rings. The van der Waals surface area contributed by atoms with E-state index < -0.39 is 16.7 Å². The zero-order valence-electron chi connectivity index (χ0n) is 12.7. The van der Waals surface area contributed by atoms with Crippen LogP contribution in [-0.2, 0) is 0 Å². The Morgan fingerprint density at radius 2 is 1.92 bits per heavy atom. The third-order valence-corrected chi connectivity index (χ3v) is 3.66. The van der Waals surface area contributed by atoms with Crippen LogP contribution in [-0.4, -0.2) is 21.9 Å². The van der Waals surface area contributed by atoms with Crippen molar-refractivity contribution in [2.24, 2.45) is 0 Å². The average Bonchev–Trinajstić information content (AvgIpc) is 2.58. The minimum atomic E-state index is -1.38. The second-order valence-corrected chi connectivity index (χ2v) is 5.26. The fourth-order valence-corrected chi connectivity index (χ4v) is 2.22. The van der Waals surface area contributed by atoms with E-state index in [1.165, 1.54) is 0 Å². The monoisotopic (exact) mass is 322 g/mol. The molecule has 1 atom stereocenters. The Balaban J connectivity index is 2.22. The number of nitriles is 1. The maximum absolute atomic E-state index is 12.3. The quantitative estimate of drug-likeness (QED) is 0.381. The lowest BCUT2D eigenvalue weighted by molar-refractivity contribution is -0.421. The number of Topliss-reactive ketones (excluding diaryl/α,β-unsaturated/α-hetero) is 1. The lowest BCUT2D eigenvalue weighted by Crippen LogP contribution is -2.19. The van der Waals surface area contributed by atoms with Gasteiger partial charge in [-0.15, -0.1) is 0 Å². The van der Waals surface area contributed by atoms with Crippen LogP contribution in [0.5, 0.6) is 0 Å². The van der Waals surface area contributed by atoms with E-state index in [1.54, 1.807) is 36.4 Å². The predicted molar refractivity (Wildman–Crippen MR) is 88.9 cm³/mol. The molecule has 0 aromatic heterocycles. The molecule has 0 aliphatic carbocycles. The summed E-state index contributed by atoms with van der Waals surface area (Å²) in [5.74, 6) is -0.385. The first kappa shape index (κ1) is 17.1. The number of ketones is 1. The molecule has 6 heteroatoms. The summed E-state index contributed by atoms with van der Waals surface area (Å²) in [5.41, 5.74) is 0.104. The Hall–Kier alpha value is -3.30. The summed E-state index contributed by atoms with van der Waals surface area (Å²) in [6.45, 7) is 6.63. The van der Waals surface area contributed by atoms with Crippen molar-refractivity contribution in [3.8, 4) is 6.07 Å². The number of aliphatic hydroxyl groups excluding tert-OH is 1. The van der Waals surface area contributed by atoms with E-state index in [0.717, 1.165) is 10.8 Å². The smallest absolute Gasteiger partial charge is 0.267 e.